The van der Waals surface area contributed by atoms with Crippen LogP contribution in [0.4, 0.5) is 9.59 Å². The van der Waals surface area contributed by atoms with Crippen molar-refractivity contribution in [2.45, 2.75) is 194 Å². The monoisotopic (exact) mass is 1110 g/mol. The maximum atomic E-state index is 13.6. The van der Waals surface area contributed by atoms with E-state index in [1.165, 1.54) is 0 Å². The zero-order valence-electron chi connectivity index (χ0n) is 48.7. The molecule has 0 unspecified atom stereocenters. The number of ether oxygens (including phenoxy) is 6. The van der Waals surface area contributed by atoms with Gasteiger partial charge in [0.15, 0.2) is 12.2 Å². The summed E-state index contributed by atoms with van der Waals surface area (Å²) < 4.78 is 35.0. The molecule has 6 rings (SSSR count). The Morgan fingerprint density at radius 2 is 0.975 bits per heavy atom. The van der Waals surface area contributed by atoms with Gasteiger partial charge in [-0.05, 0) is 143 Å². The van der Waals surface area contributed by atoms with Crippen LogP contribution < -0.4 is 30.7 Å². The number of alkyl carbamates (subject to hydrolysis) is 2. The normalized spacial score (nSPS) is 20.6. The second-order valence-corrected chi connectivity index (χ2v) is 24.3. The summed E-state index contributed by atoms with van der Waals surface area (Å²) in [5, 5.41) is 29.1. The molecule has 4 N–H and O–H groups in total. The van der Waals surface area contributed by atoms with Crippen LogP contribution in [0.2, 0.25) is 0 Å². The third-order valence-electron chi connectivity index (χ3n) is 13.2. The standard InChI is InChI=1S/2C29H40N4O7/c2*1-17(2)13-20(32-22(34)16-31-27(37)40-28(3,4)5)26(36)38-25-24(33-12-8-9-23(33)35)19-14-18(15-30)10-11-21(19)39-29(25,6)7/h2*10-11,14,17,20,24-25H,8-9,12-13,16H2,1-7H3,(H,31,37)(H,32,34)/t20-,24+,25-;20-,24-,25+/m01/s1. The average molecular weight is 1110 g/mol. The van der Waals surface area contributed by atoms with Gasteiger partial charge >= 0.3 is 24.1 Å². The largest absolute Gasteiger partial charge is 0.484 e. The molecule has 2 aromatic rings. The van der Waals surface area contributed by atoms with Crippen molar-refractivity contribution in [3.05, 3.63) is 58.7 Å². The zero-order chi connectivity index (χ0) is 59.7. The molecule has 22 heteroatoms. The van der Waals surface area contributed by atoms with Crippen LogP contribution in [0.3, 0.4) is 0 Å². The number of rotatable bonds is 16. The Bertz CT molecular complexity index is 2550. The fourth-order valence-electron chi connectivity index (χ4n) is 9.86. The number of esters is 2. The molecule has 6 atom stereocenters. The Balaban J connectivity index is 0.000000294. The van der Waals surface area contributed by atoms with Gasteiger partial charge in [-0.25, -0.2) is 19.2 Å². The predicted octanol–water partition coefficient (Wildman–Crippen LogP) is 6.72. The Kier molecular flexibility index (Phi) is 20.6. The van der Waals surface area contributed by atoms with Crippen molar-refractivity contribution in [1.82, 2.24) is 31.1 Å². The summed E-state index contributed by atoms with van der Waals surface area (Å²) in [6.45, 7) is 25.2. The second-order valence-electron chi connectivity index (χ2n) is 24.3. The molecule has 0 bridgehead atoms. The highest BCUT2D eigenvalue weighted by Crippen LogP contribution is 2.48. The number of hydrogen-bond acceptors (Lipinski definition) is 16. The van der Waals surface area contributed by atoms with Crippen molar-refractivity contribution in [3.63, 3.8) is 0 Å². The number of carbonyl (C=O) groups excluding carboxylic acids is 8. The van der Waals surface area contributed by atoms with E-state index in [-0.39, 0.29) is 49.6 Å². The highest BCUT2D eigenvalue weighted by Gasteiger charge is 2.53. The Morgan fingerprint density at radius 1 is 0.625 bits per heavy atom. The van der Waals surface area contributed by atoms with Gasteiger partial charge in [0.2, 0.25) is 23.6 Å². The number of nitrogens with one attached hydrogen (secondary N) is 4. The first-order valence-electron chi connectivity index (χ1n) is 27.2. The van der Waals surface area contributed by atoms with Crippen molar-refractivity contribution in [2.75, 3.05) is 26.2 Å². The predicted molar refractivity (Wildman–Crippen MR) is 290 cm³/mol. The third kappa shape index (κ3) is 17.2. The smallest absolute Gasteiger partial charge is 0.408 e. The van der Waals surface area contributed by atoms with Crippen LogP contribution in [0, 0.1) is 34.5 Å². The van der Waals surface area contributed by atoms with E-state index in [1.807, 2.05) is 27.7 Å². The van der Waals surface area contributed by atoms with Crippen molar-refractivity contribution in [1.29, 1.82) is 10.5 Å². The molecule has 4 heterocycles. The molecular formula is C58H80N8O14. The second kappa shape index (κ2) is 26.1. The van der Waals surface area contributed by atoms with E-state index in [0.717, 1.165) is 0 Å². The number of amides is 6. The zero-order valence-corrected chi connectivity index (χ0v) is 48.7. The Labute approximate surface area is 469 Å². The summed E-state index contributed by atoms with van der Waals surface area (Å²) in [4.78, 5) is 106. The van der Waals surface area contributed by atoms with Crippen LogP contribution in [0.5, 0.6) is 11.5 Å². The molecule has 4 aliphatic rings. The van der Waals surface area contributed by atoms with Crippen LogP contribution in [-0.4, -0.2) is 130 Å². The van der Waals surface area contributed by atoms with Gasteiger partial charge in [0.05, 0.1) is 23.3 Å². The fourth-order valence-corrected chi connectivity index (χ4v) is 9.86. The summed E-state index contributed by atoms with van der Waals surface area (Å²) in [6.07, 6.45) is -0.681. The van der Waals surface area contributed by atoms with Gasteiger partial charge < -0.3 is 59.5 Å². The molecule has 2 fully saturated rings. The van der Waals surface area contributed by atoms with Crippen LogP contribution in [-0.2, 0) is 47.7 Å². The van der Waals surface area contributed by atoms with E-state index in [1.54, 1.807) is 115 Å². The highest BCUT2D eigenvalue weighted by molar-refractivity contribution is 5.88. The minimum Gasteiger partial charge on any atom is -0.484 e. The maximum absolute atomic E-state index is 13.6. The van der Waals surface area contributed by atoms with E-state index in [0.29, 0.717) is 72.5 Å². The first kappa shape index (κ1) is 63.2. The van der Waals surface area contributed by atoms with E-state index in [9.17, 15) is 48.9 Å². The van der Waals surface area contributed by atoms with E-state index in [2.05, 4.69) is 33.4 Å². The summed E-state index contributed by atoms with van der Waals surface area (Å²) in [5.74, 6) is -1.58. The van der Waals surface area contributed by atoms with Crippen LogP contribution in [0.25, 0.3) is 0 Å². The van der Waals surface area contributed by atoms with Gasteiger partial charge in [-0.15, -0.1) is 0 Å². The van der Waals surface area contributed by atoms with Gasteiger partial charge in [0.25, 0.3) is 0 Å². The molecule has 0 radical (unpaired) electrons. The molecule has 2 saturated heterocycles. The summed E-state index contributed by atoms with van der Waals surface area (Å²) in [5.41, 5.74) is -1.53. The molecule has 22 nitrogen and oxygen atoms in total. The number of carbonyl (C=O) groups is 8. The number of fused-ring (bicyclic) bond motifs is 2. The molecule has 80 heavy (non-hydrogen) atoms. The molecule has 0 spiro atoms. The molecule has 0 saturated carbocycles. The fraction of sp³-hybridized carbons (Fsp3) is 0.621. The average Bonchev–Trinajstić information content (AvgIpc) is 3.97. The summed E-state index contributed by atoms with van der Waals surface area (Å²) in [7, 11) is 0. The van der Waals surface area contributed by atoms with Gasteiger partial charge in [0.1, 0.15) is 71.2 Å². The molecule has 0 aliphatic carbocycles. The lowest BCUT2D eigenvalue weighted by atomic mass is 9.84. The van der Waals surface area contributed by atoms with Crippen LogP contribution >= 0.6 is 0 Å². The quantitative estimate of drug-likeness (QED) is 0.100. The van der Waals surface area contributed by atoms with E-state index >= 15 is 0 Å². The number of hydrogen-bond donors (Lipinski definition) is 4. The van der Waals surface area contributed by atoms with E-state index < -0.39 is 94.7 Å². The first-order chi connectivity index (χ1) is 37.2. The van der Waals surface area contributed by atoms with E-state index in [4.69, 9.17) is 28.4 Å². The Hall–Kier alpha value is -7.62. The van der Waals surface area contributed by atoms with Crippen molar-refractivity contribution in [3.8, 4) is 23.6 Å². The SMILES string of the molecule is CC(C)C[C@@H](NC(=O)CNC(=O)OC(C)(C)C)C(=O)O[C@H]1[C@H](N2CCCC2=O)c2cc(C#N)ccc2OC1(C)C.CC(C)C[C@H](NC(=O)CNC(=O)OC(C)(C)C)C(=O)O[C@H]1[C@H](N2CCCC2=O)c2cc(C#N)ccc2OC1(C)C. The lowest BCUT2D eigenvalue weighted by Gasteiger charge is -2.47. The van der Waals surface area contributed by atoms with Crippen molar-refractivity contribution < 1.29 is 66.8 Å². The summed E-state index contributed by atoms with van der Waals surface area (Å²) in [6, 6.07) is 10.9. The molecule has 6 amide bonds. The van der Waals surface area contributed by atoms with Crippen molar-refractivity contribution >= 4 is 47.8 Å². The molecule has 4 aliphatic heterocycles. The summed E-state index contributed by atoms with van der Waals surface area (Å²) >= 11 is 0. The van der Waals surface area contributed by atoms with Gasteiger partial charge in [-0.3, -0.25) is 19.2 Å². The Morgan fingerprint density at radius 3 is 1.26 bits per heavy atom. The minimum atomic E-state index is -1.03. The van der Waals surface area contributed by atoms with Gasteiger partial charge in [-0.2, -0.15) is 10.5 Å². The van der Waals surface area contributed by atoms with Gasteiger partial charge in [0, 0.05) is 37.1 Å². The van der Waals surface area contributed by atoms with Crippen LogP contribution in [0.15, 0.2) is 36.4 Å². The molecule has 436 valence electrons. The lowest BCUT2D eigenvalue weighted by molar-refractivity contribution is -0.176. The third-order valence-corrected chi connectivity index (χ3v) is 13.2. The number of nitrogens with zero attached hydrogens (tertiary/aromatic N) is 4. The topological polar surface area (TPSA) is 294 Å². The van der Waals surface area contributed by atoms with Crippen LogP contribution in [0.1, 0.15) is 170 Å². The van der Waals surface area contributed by atoms with Gasteiger partial charge in [-0.1, -0.05) is 27.7 Å². The number of likely N-dealkylation sites (tertiary alicyclic amines) is 2. The molecule has 2 aromatic carbocycles. The van der Waals surface area contributed by atoms with Crippen molar-refractivity contribution in [2.24, 2.45) is 11.8 Å². The maximum Gasteiger partial charge on any atom is 0.408 e. The molecular weight excluding hydrogens is 1030 g/mol. The minimum absolute atomic E-state index is 0.0298. The molecule has 0 aromatic heterocycles. The number of benzene rings is 2. The lowest BCUT2D eigenvalue weighted by Crippen LogP contribution is -2.57. The first-order valence-corrected chi connectivity index (χ1v) is 27.2. The number of nitriles is 2. The highest BCUT2D eigenvalue weighted by atomic mass is 16.6.